The highest BCUT2D eigenvalue weighted by molar-refractivity contribution is 8.21. The number of rotatable bonds is 5. The van der Waals surface area contributed by atoms with Crippen molar-refractivity contribution in [2.75, 3.05) is 50.2 Å². The molecule has 13 saturated heterocycles. The summed E-state index contributed by atoms with van der Waals surface area (Å²) >= 11 is 6.67. The summed E-state index contributed by atoms with van der Waals surface area (Å²) in [4.78, 5) is 45.0. The summed E-state index contributed by atoms with van der Waals surface area (Å²) in [6, 6.07) is 46.8. The van der Waals surface area contributed by atoms with Gasteiger partial charge in [-0.3, -0.25) is 19.3 Å². The molecule has 0 aromatic heterocycles. The smallest absolute Gasteiger partial charge is 0.311 e. The molecule has 0 radical (unpaired) electrons. The van der Waals surface area contributed by atoms with Crippen molar-refractivity contribution in [1.82, 2.24) is 4.90 Å². The number of cyclic esters (lactones) is 1. The van der Waals surface area contributed by atoms with Crippen LogP contribution in [0.15, 0.2) is 146 Å². The minimum atomic E-state index is -0.222. The lowest BCUT2D eigenvalue weighted by molar-refractivity contribution is -0.166. The Bertz CT molecular complexity index is 3640. The predicted molar refractivity (Wildman–Crippen MR) is 472 cm³/mol. The van der Waals surface area contributed by atoms with E-state index in [2.05, 4.69) is 260 Å². The maximum absolute atomic E-state index is 12.3. The van der Waals surface area contributed by atoms with Gasteiger partial charge in [-0.1, -0.05) is 165 Å². The van der Waals surface area contributed by atoms with E-state index in [0.717, 1.165) is 77.0 Å². The van der Waals surface area contributed by atoms with Crippen molar-refractivity contribution >= 4 is 108 Å². The number of benzene rings is 5. The predicted octanol–water partition coefficient (Wildman–Crippen LogP) is 20.9. The first-order chi connectivity index (χ1) is 51.6. The Balaban J connectivity index is 0.000000114. The summed E-state index contributed by atoms with van der Waals surface area (Å²) in [5.74, 6) is 3.67. The minimum absolute atomic E-state index is 0.000937. The van der Waals surface area contributed by atoms with Crippen LogP contribution in [-0.4, -0.2) is 140 Å². The zero-order valence-corrected chi connectivity index (χ0v) is 75.3. The average Bonchev–Trinajstić information content (AvgIpc) is 1.63. The van der Waals surface area contributed by atoms with Gasteiger partial charge in [-0.05, 0) is 116 Å². The Kier molecular flexibility index (Phi) is 25.4. The molecule has 0 N–H and O–H groups in total. The molecule has 2 amide bonds. The first kappa shape index (κ1) is 82.9. The number of nitrogens with zero attached hydrogens (tertiary/aromatic N) is 1. The fourth-order valence-corrected chi connectivity index (χ4v) is 41.8. The molecule has 109 heavy (non-hydrogen) atoms. The van der Waals surface area contributed by atoms with Crippen molar-refractivity contribution in [1.29, 1.82) is 0 Å². The van der Waals surface area contributed by atoms with E-state index < -0.39 is 0 Å². The number of imide groups is 1. The number of likely N-dealkylation sites (tertiary alicyclic amines) is 1. The fourth-order valence-electron chi connectivity index (χ4n) is 19.7. The molecular weight excluding hydrogens is 1500 g/mol. The van der Waals surface area contributed by atoms with Crippen molar-refractivity contribution in [2.45, 2.75) is 345 Å². The van der Waals surface area contributed by atoms with E-state index in [1.165, 1.54) is 144 Å². The molecule has 592 valence electrons. The van der Waals surface area contributed by atoms with Gasteiger partial charge in [-0.2, -0.15) is 0 Å². The van der Waals surface area contributed by atoms with Crippen LogP contribution in [0.1, 0.15) is 254 Å². The molecule has 5 aromatic rings. The molecule has 13 aliphatic heterocycles. The maximum atomic E-state index is 12.3. The van der Waals surface area contributed by atoms with Crippen LogP contribution < -0.4 is 0 Å². The third-order valence-electron chi connectivity index (χ3n) is 25.6. The monoisotopic (exact) mass is 1630 g/mol. The van der Waals surface area contributed by atoms with Gasteiger partial charge in [0.15, 0.2) is 35.5 Å². The molecule has 18 rings (SSSR count). The van der Waals surface area contributed by atoms with Crippen LogP contribution >= 0.6 is 35.3 Å². The number of hydrogen-bond acceptors (Lipinski definition) is 10. The van der Waals surface area contributed by atoms with Gasteiger partial charge in [-0.15, -0.1) is 35.3 Å². The molecule has 13 aliphatic rings. The summed E-state index contributed by atoms with van der Waals surface area (Å²) in [6.45, 7) is 39.4. The van der Waals surface area contributed by atoms with E-state index in [4.69, 9.17) is 18.9 Å². The first-order valence-corrected chi connectivity index (χ1v) is 51.3. The van der Waals surface area contributed by atoms with Crippen molar-refractivity contribution in [2.24, 2.45) is 0 Å². The quantitative estimate of drug-likeness (QED) is 0.125. The number of carbonyl (C=O) groups excluding carboxylic acids is 3. The second-order valence-electron chi connectivity index (χ2n) is 38.5. The van der Waals surface area contributed by atoms with Gasteiger partial charge in [0.1, 0.15) is 58.8 Å². The van der Waals surface area contributed by atoms with Crippen LogP contribution in [0.5, 0.6) is 0 Å². The number of carbonyl (C=O) groups is 3. The number of ether oxygens (including phenoxy) is 4. The Morgan fingerprint density at radius 3 is 1.03 bits per heavy atom. The topological polar surface area (TPSA) is 91.4 Å². The second-order valence-corrected chi connectivity index (χ2v) is 55.9. The van der Waals surface area contributed by atoms with E-state index in [1.807, 2.05) is 0 Å². The lowest BCUT2D eigenvalue weighted by Crippen LogP contribution is -2.45. The number of thioether (sulfide) groups is 3. The molecule has 12 unspecified atom stereocenters. The Labute approximate surface area is 684 Å². The van der Waals surface area contributed by atoms with E-state index in [9.17, 15) is 14.4 Å². The number of fused-ring (bicyclic) bond motifs is 10. The molecule has 13 fully saturated rings. The summed E-state index contributed by atoms with van der Waals surface area (Å²) in [5, 5.41) is 7.11. The summed E-state index contributed by atoms with van der Waals surface area (Å²) in [7, 11) is 1.67. The second kappa shape index (κ2) is 33.4. The lowest BCUT2D eigenvalue weighted by Gasteiger charge is -2.35. The van der Waals surface area contributed by atoms with Gasteiger partial charge >= 0.3 is 5.97 Å². The van der Waals surface area contributed by atoms with Crippen molar-refractivity contribution in [3.63, 3.8) is 0 Å². The van der Waals surface area contributed by atoms with E-state index in [1.54, 1.807) is 14.7 Å². The van der Waals surface area contributed by atoms with E-state index in [0.29, 0.717) is 83.8 Å². The van der Waals surface area contributed by atoms with Gasteiger partial charge in [0.25, 0.3) is 0 Å². The first-order valence-electron chi connectivity index (χ1n) is 41.6. The van der Waals surface area contributed by atoms with Crippen molar-refractivity contribution in [3.05, 3.63) is 149 Å². The molecule has 13 heterocycles. The molecule has 10 bridgehead atoms. The number of esters is 1. The fraction of sp³-hybridized carbons (Fsp3) is 0.645. The summed E-state index contributed by atoms with van der Waals surface area (Å²) in [6.07, 6.45) is 22.0. The van der Waals surface area contributed by atoms with Gasteiger partial charge < -0.3 is 18.9 Å². The SMILES string of the molecule is CC(=O)N1CC2CCC(CC1=O)[S+]2c1ccc(C(C)(C)C)cc1.CC(C)(C)c1ccc([S+]2C3CCC2CC(=O)OC3)cc1.CC(C)(C)c1ccc([S+]2C3CCC2CC2(C3)OCCO2)cc1.CC(C)(C)c1ccc([S+]2C3CCC2CC2(C3)OCCS2)cc1.CC(C)(C)c1ccc([S+]2C3CCC2CC2(C3)SCCS2)cc1. The molecule has 16 heteroatoms. The molecule has 8 nitrogen and oxygen atoms in total. The molecule has 12 atom stereocenters. The third-order valence-corrected chi connectivity index (χ3v) is 45.7. The highest BCUT2D eigenvalue weighted by Gasteiger charge is 2.63. The van der Waals surface area contributed by atoms with Crippen LogP contribution in [0.2, 0.25) is 0 Å². The third kappa shape index (κ3) is 18.9. The van der Waals surface area contributed by atoms with Gasteiger partial charge in [0.05, 0.1) is 43.3 Å². The molecule has 0 saturated carbocycles. The molecule has 3 spiro atoms. The van der Waals surface area contributed by atoms with Gasteiger partial charge in [0.2, 0.25) is 11.8 Å². The summed E-state index contributed by atoms with van der Waals surface area (Å²) < 4.78 is 24.1. The van der Waals surface area contributed by atoms with E-state index in [-0.39, 0.29) is 77.4 Å². The zero-order chi connectivity index (χ0) is 77.2. The lowest BCUT2D eigenvalue weighted by atomic mass is 9.87. The molecule has 0 aliphatic carbocycles. The van der Waals surface area contributed by atoms with Crippen molar-refractivity contribution in [3.8, 4) is 0 Å². The van der Waals surface area contributed by atoms with Crippen LogP contribution in [0.3, 0.4) is 0 Å². The normalized spacial score (nSPS) is 32.6. The van der Waals surface area contributed by atoms with Crippen LogP contribution in [0.25, 0.3) is 0 Å². The zero-order valence-electron chi connectivity index (χ0n) is 68.8. The van der Waals surface area contributed by atoms with Crippen LogP contribution in [0.4, 0.5) is 0 Å². The Morgan fingerprint density at radius 1 is 0.367 bits per heavy atom. The number of hydrogen-bond donors (Lipinski definition) is 0. The molecular formula is C93H130NO7S8+5. The van der Waals surface area contributed by atoms with Crippen molar-refractivity contribution < 1.29 is 33.3 Å². The van der Waals surface area contributed by atoms with Gasteiger partial charge in [-0.25, -0.2) is 0 Å². The number of amides is 2. The van der Waals surface area contributed by atoms with Crippen LogP contribution in [-0.2, 0) is 115 Å². The Morgan fingerprint density at radius 2 is 0.679 bits per heavy atom. The average molecular weight is 1630 g/mol. The van der Waals surface area contributed by atoms with E-state index >= 15 is 0 Å². The van der Waals surface area contributed by atoms with Crippen LogP contribution in [0, 0.1) is 0 Å². The highest BCUT2D eigenvalue weighted by Crippen LogP contribution is 2.60. The molecule has 5 aromatic carbocycles. The maximum Gasteiger partial charge on any atom is 0.311 e. The summed E-state index contributed by atoms with van der Waals surface area (Å²) in [5.41, 5.74) is 8.20. The Hall–Kier alpha value is -2.61. The standard InChI is InChI=1S/C19H26NO2S.C19H27O2S.C19H27OS2.C19H27S3.C17H23O2S/c1-13(21)20-12-17-10-9-16(11-18(20)22)23(17)15-7-5-14(6-8-15)19(2,3)4;3*1-18(2,3)14-4-6-15(7-5-14)22-16-8-9-17(22)13-19(12-16)20-10-11-21-19;1-17(2,3)12-4-6-13(7-5-12)20-14-8-9-15(20)11-19-16(18)10-14/h5-8,16-17H,9-12H2,1-4H3;3*4-7,16-17H,8-13H2,1-3H3;4-7,14-15H,8-11H2,1-3H3/q5*+1. The minimum Gasteiger partial charge on any atom is -0.460 e. The largest absolute Gasteiger partial charge is 0.460 e. The highest BCUT2D eigenvalue weighted by atomic mass is 32.2. The van der Waals surface area contributed by atoms with Gasteiger partial charge in [0, 0.05) is 181 Å².